The number of rotatable bonds is 6. The summed E-state index contributed by atoms with van der Waals surface area (Å²) in [5, 5.41) is 0. The third kappa shape index (κ3) is 8.93. The van der Waals surface area contributed by atoms with E-state index in [0.29, 0.717) is 31.6 Å². The average molecular weight is 690 g/mol. The number of benzene rings is 3. The van der Waals surface area contributed by atoms with Crippen LogP contribution in [-0.2, 0) is 32.0 Å². The molecule has 0 aliphatic carbocycles. The first-order chi connectivity index (χ1) is 18.1. The van der Waals surface area contributed by atoms with Crippen molar-refractivity contribution in [2.24, 2.45) is 9.98 Å². The third-order valence-electron chi connectivity index (χ3n) is 6.13. The quantitative estimate of drug-likeness (QED) is 0.247. The van der Waals surface area contributed by atoms with Crippen molar-refractivity contribution in [3.05, 3.63) is 89.0 Å². The molecule has 0 N–H and O–H groups in total. The molecule has 0 aromatic heterocycles. The summed E-state index contributed by atoms with van der Waals surface area (Å²) in [6.07, 6.45) is 0. The fourth-order valence-corrected chi connectivity index (χ4v) is 4.13. The summed E-state index contributed by atoms with van der Waals surface area (Å²) in [6.45, 7) is 12.0. The maximum atomic E-state index is 6.02. The zero-order valence-corrected chi connectivity index (χ0v) is 26.7. The molecule has 3 aromatic rings. The Morgan fingerprint density at radius 2 is 1.27 bits per heavy atom. The van der Waals surface area contributed by atoms with E-state index in [1.807, 2.05) is 12.1 Å². The van der Waals surface area contributed by atoms with Crippen LogP contribution in [0.15, 0.2) is 76.7 Å². The fourth-order valence-electron chi connectivity index (χ4n) is 4.13. The fraction of sp³-hybridized carbons (Fsp3) is 0.355. The van der Waals surface area contributed by atoms with Crippen LogP contribution in [0.4, 0.5) is 0 Å². The first-order valence-corrected chi connectivity index (χ1v) is 16.3. The van der Waals surface area contributed by atoms with Crippen molar-refractivity contribution < 1.29 is 30.2 Å². The van der Waals surface area contributed by atoms with Crippen LogP contribution in [-0.4, -0.2) is 47.1 Å². The van der Waals surface area contributed by atoms with Gasteiger partial charge in [0.05, 0.1) is 11.1 Å². The van der Waals surface area contributed by atoms with E-state index < -0.39 is 0 Å². The molecule has 0 fully saturated rings. The summed E-state index contributed by atoms with van der Waals surface area (Å²) in [5.74, 6) is 2.13. The predicted octanol–water partition coefficient (Wildman–Crippen LogP) is 7.98. The standard InChI is InChI=1S/C30H32N2O3.CH4.2ClH.Pd.Si/c1-20-6-8-21(9-7-20)17-33-24-13-10-22(11-14-24)23-12-15-25(27-31-29(2,3)18-34-27)26(16-23)28-32-30(4,5)19-35-28;;;;;/h6-16H,17-19H2,1-5H3;1H4;2*1H;;/q;;;;+2;/p-2. The Bertz CT molecular complexity index is 1330. The van der Waals surface area contributed by atoms with Crippen LogP contribution < -0.4 is 4.74 Å². The summed E-state index contributed by atoms with van der Waals surface area (Å²) in [6, 6.07) is 22.9. The van der Waals surface area contributed by atoms with Crippen molar-refractivity contribution in [1.82, 2.24) is 0 Å². The maximum Gasteiger partial charge on any atom is 0 e. The van der Waals surface area contributed by atoms with Crippen LogP contribution in [0.3, 0.4) is 0 Å². The number of hydrogen-bond donors (Lipinski definition) is 0. The topological polar surface area (TPSA) is 52.4 Å². The second-order valence-electron chi connectivity index (χ2n) is 10.6. The molecule has 0 spiro atoms. The second kappa shape index (κ2) is 14.7. The van der Waals surface area contributed by atoms with Gasteiger partial charge in [0.2, 0.25) is 11.8 Å². The van der Waals surface area contributed by atoms with E-state index in [2.05, 4.69) is 89.2 Å². The Kier molecular flexibility index (Phi) is 12.5. The van der Waals surface area contributed by atoms with Crippen LogP contribution in [0.2, 0.25) is 0 Å². The smallest absolute Gasteiger partial charge is 0 e. The molecular formula is C31H36Cl2N2O3PdSi. The predicted molar refractivity (Wildman–Crippen MR) is 165 cm³/mol. The van der Waals surface area contributed by atoms with Gasteiger partial charge in [0.15, 0.2) is 0 Å². The van der Waals surface area contributed by atoms with Gasteiger partial charge in [0.25, 0.3) is 0 Å². The van der Waals surface area contributed by atoms with Gasteiger partial charge in [-0.05, 0) is 75.6 Å². The molecular weight excluding hydrogens is 654 g/mol. The molecule has 40 heavy (non-hydrogen) atoms. The van der Waals surface area contributed by atoms with Gasteiger partial charge in [-0.25, -0.2) is 9.98 Å². The van der Waals surface area contributed by atoms with Gasteiger partial charge >= 0.3 is 35.0 Å². The molecule has 216 valence electrons. The molecule has 0 saturated heterocycles. The van der Waals surface area contributed by atoms with E-state index in [1.165, 1.54) is 5.56 Å². The minimum absolute atomic E-state index is 0. The average Bonchev–Trinajstić information content (AvgIpc) is 3.44. The molecule has 4 radical (unpaired) electrons. The van der Waals surface area contributed by atoms with Crippen molar-refractivity contribution in [2.45, 2.75) is 59.7 Å². The van der Waals surface area contributed by atoms with Gasteiger partial charge in [0, 0.05) is 22.1 Å². The van der Waals surface area contributed by atoms with Crippen molar-refractivity contribution in [2.75, 3.05) is 13.2 Å². The monoisotopic (exact) mass is 688 g/mol. The van der Waals surface area contributed by atoms with Gasteiger partial charge < -0.3 is 14.2 Å². The van der Waals surface area contributed by atoms with Crippen LogP contribution in [0, 0.1) is 6.92 Å². The maximum absolute atomic E-state index is 6.02. The van der Waals surface area contributed by atoms with Crippen LogP contribution >= 0.6 is 19.1 Å². The van der Waals surface area contributed by atoms with Gasteiger partial charge in [-0.2, -0.15) is 0 Å². The van der Waals surface area contributed by atoms with E-state index in [-0.39, 0.29) is 45.4 Å². The summed E-state index contributed by atoms with van der Waals surface area (Å²) < 4.78 is 18.0. The van der Waals surface area contributed by atoms with Crippen molar-refractivity contribution in [3.8, 4) is 16.9 Å². The van der Waals surface area contributed by atoms with E-state index in [0.717, 1.165) is 33.6 Å². The molecule has 2 aliphatic heterocycles. The van der Waals surface area contributed by atoms with Gasteiger partial charge in [0.1, 0.15) is 25.6 Å². The molecule has 9 heteroatoms. The Morgan fingerprint density at radius 3 is 1.77 bits per heavy atom. The zero-order chi connectivity index (χ0) is 27.3. The van der Waals surface area contributed by atoms with Crippen LogP contribution in [0.5, 0.6) is 5.75 Å². The largest absolute Gasteiger partial charge is 0 e. The van der Waals surface area contributed by atoms with Crippen molar-refractivity contribution in [3.63, 3.8) is 0 Å². The van der Waals surface area contributed by atoms with Gasteiger partial charge in [-0.3, -0.25) is 0 Å². The summed E-state index contributed by atoms with van der Waals surface area (Å²) in [4.78, 5) is 9.62. The Hall–Kier alpha value is -2.14. The zero-order valence-electron chi connectivity index (χ0n) is 22.7. The molecule has 0 unspecified atom stereocenters. The normalized spacial score (nSPS) is 16.2. The molecule has 3 aromatic carbocycles. The van der Waals surface area contributed by atoms with E-state index in [1.54, 1.807) is 0 Å². The Balaban J connectivity index is 0.00000107. The molecule has 0 atom stereocenters. The number of aliphatic imine (C=N–C) groups is 2. The summed E-state index contributed by atoms with van der Waals surface area (Å²) in [7, 11) is 9.63. The summed E-state index contributed by atoms with van der Waals surface area (Å²) >= 11 is -0.106. The SMILES string of the molecule is C.Cc1ccc(COc2ccc(-c3ccc(C4=NC(C)(C)CO4)c(C4=NC(C)(C)CO4)c3)cc2)cc1.[Cl][Pd][Cl].[Si]. The Labute approximate surface area is 259 Å². The first-order valence-electron chi connectivity index (χ1n) is 12.3. The molecule has 0 bridgehead atoms. The van der Waals surface area contributed by atoms with E-state index in [4.69, 9.17) is 43.3 Å². The van der Waals surface area contributed by atoms with E-state index >= 15 is 0 Å². The Morgan fingerprint density at radius 1 is 0.775 bits per heavy atom. The number of hydrogen-bond acceptors (Lipinski definition) is 5. The number of ether oxygens (including phenoxy) is 3. The molecule has 5 nitrogen and oxygen atoms in total. The number of aryl methyl sites for hydroxylation is 1. The van der Waals surface area contributed by atoms with Gasteiger partial charge in [-0.1, -0.05) is 55.5 Å². The minimum atomic E-state index is -0.253. The molecule has 2 aliphatic rings. The third-order valence-corrected chi connectivity index (χ3v) is 6.13. The molecule has 0 amide bonds. The van der Waals surface area contributed by atoms with Crippen LogP contribution in [0.1, 0.15) is 57.4 Å². The second-order valence-corrected chi connectivity index (χ2v) is 13.0. The number of nitrogens with zero attached hydrogens (tertiary/aromatic N) is 2. The van der Waals surface area contributed by atoms with Gasteiger partial charge in [-0.15, -0.1) is 0 Å². The van der Waals surface area contributed by atoms with Crippen molar-refractivity contribution >= 4 is 41.8 Å². The molecule has 0 saturated carbocycles. The summed E-state index contributed by atoms with van der Waals surface area (Å²) in [5.41, 5.74) is 5.89. The minimum Gasteiger partial charge on any atom is 0 e. The number of halogens is 2. The molecule has 2 heterocycles. The van der Waals surface area contributed by atoms with Crippen molar-refractivity contribution in [1.29, 1.82) is 0 Å². The van der Waals surface area contributed by atoms with E-state index in [9.17, 15) is 0 Å². The first kappa shape index (κ1) is 34.1. The van der Waals surface area contributed by atoms with Crippen LogP contribution in [0.25, 0.3) is 11.1 Å². The molecule has 5 rings (SSSR count).